The van der Waals surface area contributed by atoms with E-state index in [0.717, 1.165) is 29.2 Å². The SMILES string of the molecule is CCc1nnc(NC(=O)CN(C)C23CC4CC(CC(C4)C2)C3)s1. The molecule has 126 valence electrons. The summed E-state index contributed by atoms with van der Waals surface area (Å²) in [6.45, 7) is 2.51. The molecule has 0 spiro atoms. The Kier molecular flexibility index (Phi) is 3.92. The Labute approximate surface area is 141 Å². The van der Waals surface area contributed by atoms with Crippen LogP contribution in [0, 0.1) is 17.8 Å². The maximum Gasteiger partial charge on any atom is 0.240 e. The van der Waals surface area contributed by atoms with Crippen molar-refractivity contribution in [3.05, 3.63) is 5.01 Å². The third-order valence-electron chi connectivity index (χ3n) is 6.21. The van der Waals surface area contributed by atoms with Crippen molar-refractivity contribution in [2.75, 3.05) is 18.9 Å². The Morgan fingerprint density at radius 3 is 2.35 bits per heavy atom. The number of hydrogen-bond acceptors (Lipinski definition) is 5. The molecule has 5 rings (SSSR count). The fourth-order valence-electron chi connectivity index (χ4n) is 5.52. The smallest absolute Gasteiger partial charge is 0.240 e. The fourth-order valence-corrected chi connectivity index (χ4v) is 6.22. The average molecular weight is 334 g/mol. The van der Waals surface area contributed by atoms with Gasteiger partial charge in [0.25, 0.3) is 0 Å². The third-order valence-corrected chi connectivity index (χ3v) is 7.20. The van der Waals surface area contributed by atoms with Gasteiger partial charge in [0, 0.05) is 5.54 Å². The van der Waals surface area contributed by atoms with Crippen LogP contribution in [0.3, 0.4) is 0 Å². The Bertz CT molecular complexity index is 564. The van der Waals surface area contributed by atoms with Crippen LogP contribution in [-0.2, 0) is 11.2 Å². The standard InChI is InChI=1S/C17H26N4OS/c1-3-15-19-20-16(23-15)18-14(22)10-21(2)17-7-11-4-12(8-17)6-13(5-11)9-17/h11-13H,3-10H2,1-2H3,(H,18,20,22). The van der Waals surface area contributed by atoms with Crippen molar-refractivity contribution in [3.63, 3.8) is 0 Å². The molecule has 4 aliphatic carbocycles. The lowest BCUT2D eigenvalue weighted by Crippen LogP contribution is -2.59. The zero-order valence-electron chi connectivity index (χ0n) is 14.0. The van der Waals surface area contributed by atoms with Gasteiger partial charge in [0.15, 0.2) is 0 Å². The highest BCUT2D eigenvalue weighted by molar-refractivity contribution is 7.15. The van der Waals surface area contributed by atoms with Gasteiger partial charge in [0.05, 0.1) is 6.54 Å². The quantitative estimate of drug-likeness (QED) is 0.899. The van der Waals surface area contributed by atoms with Gasteiger partial charge in [-0.3, -0.25) is 15.0 Å². The van der Waals surface area contributed by atoms with Crippen molar-refractivity contribution < 1.29 is 4.79 Å². The van der Waals surface area contributed by atoms with Gasteiger partial charge in [-0.05, 0) is 69.7 Å². The van der Waals surface area contributed by atoms with Crippen molar-refractivity contribution in [1.82, 2.24) is 15.1 Å². The van der Waals surface area contributed by atoms with Crippen molar-refractivity contribution in [3.8, 4) is 0 Å². The van der Waals surface area contributed by atoms with E-state index in [1.54, 1.807) is 0 Å². The molecule has 0 saturated heterocycles. The predicted molar refractivity (Wildman–Crippen MR) is 91.4 cm³/mol. The van der Waals surface area contributed by atoms with E-state index in [2.05, 4.69) is 27.5 Å². The molecule has 1 aromatic rings. The van der Waals surface area contributed by atoms with Gasteiger partial charge >= 0.3 is 0 Å². The van der Waals surface area contributed by atoms with E-state index in [1.165, 1.54) is 49.9 Å². The molecule has 0 aliphatic heterocycles. The molecule has 6 heteroatoms. The minimum atomic E-state index is 0.0436. The van der Waals surface area contributed by atoms with Crippen molar-refractivity contribution in [2.45, 2.75) is 57.4 Å². The molecular weight excluding hydrogens is 308 g/mol. The summed E-state index contributed by atoms with van der Waals surface area (Å²) in [5.74, 6) is 2.76. The van der Waals surface area contributed by atoms with E-state index in [1.807, 2.05) is 6.92 Å². The number of nitrogens with zero attached hydrogens (tertiary/aromatic N) is 3. The lowest BCUT2D eigenvalue weighted by molar-refractivity contribution is -0.123. The summed E-state index contributed by atoms with van der Waals surface area (Å²) < 4.78 is 0. The highest BCUT2D eigenvalue weighted by atomic mass is 32.1. The minimum absolute atomic E-state index is 0.0436. The molecule has 0 unspecified atom stereocenters. The summed E-state index contributed by atoms with van der Waals surface area (Å²) in [7, 11) is 2.14. The molecule has 0 radical (unpaired) electrons. The second kappa shape index (κ2) is 5.81. The van der Waals surface area contributed by atoms with Gasteiger partial charge in [0.2, 0.25) is 11.0 Å². The van der Waals surface area contributed by atoms with Crippen LogP contribution in [0.15, 0.2) is 0 Å². The fraction of sp³-hybridized carbons (Fsp3) is 0.824. The number of aryl methyl sites for hydroxylation is 1. The number of anilines is 1. The van der Waals surface area contributed by atoms with Crippen molar-refractivity contribution >= 4 is 22.4 Å². The first-order valence-electron chi connectivity index (χ1n) is 8.90. The number of amides is 1. The Balaban J connectivity index is 1.39. The summed E-state index contributed by atoms with van der Waals surface area (Å²) in [4.78, 5) is 14.7. The van der Waals surface area contributed by atoms with Gasteiger partial charge in [0.1, 0.15) is 5.01 Å². The van der Waals surface area contributed by atoms with Gasteiger partial charge in [-0.2, -0.15) is 0 Å². The van der Waals surface area contributed by atoms with Crippen LogP contribution in [0.2, 0.25) is 0 Å². The number of carbonyl (C=O) groups excluding carboxylic acids is 1. The van der Waals surface area contributed by atoms with Crippen LogP contribution in [0.1, 0.15) is 50.5 Å². The molecule has 5 nitrogen and oxygen atoms in total. The molecule has 4 saturated carbocycles. The topological polar surface area (TPSA) is 58.1 Å². The average Bonchev–Trinajstić information content (AvgIpc) is 2.93. The predicted octanol–water partition coefficient (Wildman–Crippen LogP) is 2.94. The molecule has 1 aromatic heterocycles. The molecule has 1 amide bonds. The summed E-state index contributed by atoms with van der Waals surface area (Å²) in [5, 5.41) is 12.6. The number of aromatic nitrogens is 2. The van der Waals surface area contributed by atoms with E-state index in [4.69, 9.17) is 0 Å². The molecule has 4 bridgehead atoms. The summed E-state index contributed by atoms with van der Waals surface area (Å²) in [5.41, 5.74) is 0.280. The van der Waals surface area contributed by atoms with E-state index in [9.17, 15) is 4.79 Å². The molecule has 23 heavy (non-hydrogen) atoms. The molecule has 4 aliphatic rings. The number of carbonyl (C=O) groups is 1. The van der Waals surface area contributed by atoms with Crippen LogP contribution in [0.4, 0.5) is 5.13 Å². The first kappa shape index (κ1) is 15.5. The number of rotatable bonds is 5. The van der Waals surface area contributed by atoms with Crippen LogP contribution < -0.4 is 5.32 Å². The number of nitrogens with one attached hydrogen (secondary N) is 1. The van der Waals surface area contributed by atoms with E-state index in [-0.39, 0.29) is 11.4 Å². The second-order valence-corrected chi connectivity index (χ2v) is 8.96. The molecule has 4 fully saturated rings. The van der Waals surface area contributed by atoms with Crippen molar-refractivity contribution in [1.29, 1.82) is 0 Å². The Morgan fingerprint density at radius 1 is 1.22 bits per heavy atom. The maximum atomic E-state index is 12.4. The molecule has 1 N–H and O–H groups in total. The maximum absolute atomic E-state index is 12.4. The summed E-state index contributed by atoms with van der Waals surface area (Å²) in [6, 6.07) is 0. The van der Waals surface area contributed by atoms with E-state index in [0.29, 0.717) is 11.7 Å². The largest absolute Gasteiger partial charge is 0.299 e. The zero-order valence-corrected chi connectivity index (χ0v) is 14.9. The van der Waals surface area contributed by atoms with E-state index < -0.39 is 0 Å². The number of likely N-dealkylation sites (N-methyl/N-ethyl adjacent to an activating group) is 1. The lowest BCUT2D eigenvalue weighted by atomic mass is 9.52. The molecule has 0 aromatic carbocycles. The van der Waals surface area contributed by atoms with Gasteiger partial charge in [-0.25, -0.2) is 0 Å². The van der Waals surface area contributed by atoms with Crippen LogP contribution in [0.25, 0.3) is 0 Å². The monoisotopic (exact) mass is 334 g/mol. The third kappa shape index (κ3) is 2.91. The lowest BCUT2D eigenvalue weighted by Gasteiger charge is -2.59. The molecule has 0 atom stereocenters. The Hall–Kier alpha value is -1.01. The van der Waals surface area contributed by atoms with E-state index >= 15 is 0 Å². The molecule has 1 heterocycles. The minimum Gasteiger partial charge on any atom is -0.299 e. The van der Waals surface area contributed by atoms with Crippen LogP contribution >= 0.6 is 11.3 Å². The summed E-state index contributed by atoms with van der Waals surface area (Å²) in [6.07, 6.45) is 9.04. The molecular formula is C17H26N4OS. The highest BCUT2D eigenvalue weighted by Gasteiger charge is 2.52. The second-order valence-electron chi connectivity index (χ2n) is 7.90. The Morgan fingerprint density at radius 2 is 1.83 bits per heavy atom. The van der Waals surface area contributed by atoms with Gasteiger partial charge < -0.3 is 0 Å². The zero-order chi connectivity index (χ0) is 16.0. The highest BCUT2D eigenvalue weighted by Crippen LogP contribution is 2.57. The summed E-state index contributed by atoms with van der Waals surface area (Å²) >= 11 is 1.48. The van der Waals surface area contributed by atoms with Crippen LogP contribution in [-0.4, -0.2) is 40.1 Å². The first-order valence-corrected chi connectivity index (χ1v) is 9.71. The van der Waals surface area contributed by atoms with Crippen LogP contribution in [0.5, 0.6) is 0 Å². The number of hydrogen-bond donors (Lipinski definition) is 1. The van der Waals surface area contributed by atoms with Gasteiger partial charge in [-0.1, -0.05) is 18.3 Å². The normalized spacial score (nSPS) is 35.0. The van der Waals surface area contributed by atoms with Crippen molar-refractivity contribution in [2.24, 2.45) is 17.8 Å². The van der Waals surface area contributed by atoms with Gasteiger partial charge in [-0.15, -0.1) is 10.2 Å². The first-order chi connectivity index (χ1) is 11.1.